The molecule has 0 radical (unpaired) electrons. The largest absolute Gasteiger partial charge is 0.497 e. The maximum atomic E-state index is 11.2. The van der Waals surface area contributed by atoms with Gasteiger partial charge in [0.25, 0.3) is 0 Å². The van der Waals surface area contributed by atoms with E-state index in [0.29, 0.717) is 0 Å². The minimum Gasteiger partial charge on any atom is -0.497 e. The number of carbonyl (C=O) groups is 1. The third-order valence-electron chi connectivity index (χ3n) is 2.65. The van der Waals surface area contributed by atoms with E-state index in [1.54, 1.807) is 7.11 Å². The SMILES string of the molecule is COc1ccc2cccc(CC(=O)ON)c2c1. The molecule has 0 saturated carbocycles. The van der Waals surface area contributed by atoms with Crippen LogP contribution in [0.4, 0.5) is 0 Å². The number of carbonyl (C=O) groups excluding carboxylic acids is 1. The number of fused-ring (bicyclic) bond motifs is 1. The van der Waals surface area contributed by atoms with Crippen LogP contribution in [-0.4, -0.2) is 13.1 Å². The average Bonchev–Trinajstić information content (AvgIpc) is 2.38. The molecule has 0 spiro atoms. The van der Waals surface area contributed by atoms with E-state index in [2.05, 4.69) is 4.84 Å². The fourth-order valence-corrected chi connectivity index (χ4v) is 1.79. The molecule has 0 unspecified atom stereocenters. The summed E-state index contributed by atoms with van der Waals surface area (Å²) < 4.78 is 5.17. The molecule has 0 aliphatic heterocycles. The fraction of sp³-hybridized carbons (Fsp3) is 0.154. The standard InChI is InChI=1S/C13H13NO3/c1-16-11-6-5-9-3-2-4-10(12(9)8-11)7-13(15)17-14/h2-6,8H,7,14H2,1H3. The Labute approximate surface area is 98.9 Å². The molecular formula is C13H13NO3. The van der Waals surface area contributed by atoms with Crippen molar-refractivity contribution in [2.75, 3.05) is 7.11 Å². The smallest absolute Gasteiger partial charge is 0.328 e. The van der Waals surface area contributed by atoms with Crippen LogP contribution in [0.3, 0.4) is 0 Å². The number of ether oxygens (including phenoxy) is 1. The Hall–Kier alpha value is -2.07. The summed E-state index contributed by atoms with van der Waals surface area (Å²) in [6.07, 6.45) is 0.154. The van der Waals surface area contributed by atoms with Gasteiger partial charge in [0, 0.05) is 0 Å². The number of benzene rings is 2. The van der Waals surface area contributed by atoms with Crippen molar-refractivity contribution >= 4 is 16.7 Å². The number of nitrogens with two attached hydrogens (primary N) is 1. The van der Waals surface area contributed by atoms with Crippen LogP contribution in [0.25, 0.3) is 10.8 Å². The second-order valence-corrected chi connectivity index (χ2v) is 3.67. The van der Waals surface area contributed by atoms with E-state index in [-0.39, 0.29) is 6.42 Å². The Morgan fingerprint density at radius 2 is 2.12 bits per heavy atom. The van der Waals surface area contributed by atoms with Crippen LogP contribution in [0, 0.1) is 0 Å². The molecule has 0 atom stereocenters. The molecule has 0 bridgehead atoms. The van der Waals surface area contributed by atoms with Gasteiger partial charge in [0.05, 0.1) is 13.5 Å². The maximum absolute atomic E-state index is 11.2. The zero-order valence-electron chi connectivity index (χ0n) is 9.47. The van der Waals surface area contributed by atoms with E-state index in [9.17, 15) is 4.79 Å². The minimum atomic E-state index is -0.458. The third-order valence-corrected chi connectivity index (χ3v) is 2.65. The van der Waals surface area contributed by atoms with Crippen molar-refractivity contribution in [1.29, 1.82) is 0 Å². The molecule has 4 nitrogen and oxygen atoms in total. The molecule has 2 aromatic carbocycles. The number of rotatable bonds is 3. The fourth-order valence-electron chi connectivity index (χ4n) is 1.79. The molecule has 0 aliphatic rings. The van der Waals surface area contributed by atoms with Gasteiger partial charge in [-0.15, -0.1) is 0 Å². The average molecular weight is 231 g/mol. The van der Waals surface area contributed by atoms with Crippen LogP contribution in [0.15, 0.2) is 36.4 Å². The van der Waals surface area contributed by atoms with Crippen LogP contribution in [0.1, 0.15) is 5.56 Å². The lowest BCUT2D eigenvalue weighted by Gasteiger charge is -2.07. The lowest BCUT2D eigenvalue weighted by Crippen LogP contribution is -2.12. The third kappa shape index (κ3) is 2.37. The van der Waals surface area contributed by atoms with Crippen molar-refractivity contribution in [3.63, 3.8) is 0 Å². The number of methoxy groups -OCH3 is 1. The van der Waals surface area contributed by atoms with Crippen molar-refractivity contribution in [3.8, 4) is 5.75 Å². The summed E-state index contributed by atoms with van der Waals surface area (Å²) in [5.41, 5.74) is 0.872. The molecule has 0 heterocycles. The Bertz CT molecular complexity index is 551. The van der Waals surface area contributed by atoms with Gasteiger partial charge >= 0.3 is 5.97 Å². The van der Waals surface area contributed by atoms with Crippen LogP contribution >= 0.6 is 0 Å². The van der Waals surface area contributed by atoms with Gasteiger partial charge in [-0.25, -0.2) is 0 Å². The molecule has 0 aromatic heterocycles. The van der Waals surface area contributed by atoms with Crippen LogP contribution in [0.5, 0.6) is 5.75 Å². The minimum absolute atomic E-state index is 0.154. The first-order valence-corrected chi connectivity index (χ1v) is 5.20. The molecule has 0 fully saturated rings. The topological polar surface area (TPSA) is 61.5 Å². The highest BCUT2D eigenvalue weighted by Crippen LogP contribution is 2.24. The van der Waals surface area contributed by atoms with Crippen LogP contribution in [-0.2, 0) is 16.1 Å². The number of hydrogen-bond acceptors (Lipinski definition) is 4. The number of hydrogen-bond donors (Lipinski definition) is 1. The summed E-state index contributed by atoms with van der Waals surface area (Å²) in [7, 11) is 1.61. The van der Waals surface area contributed by atoms with Crippen LogP contribution in [0.2, 0.25) is 0 Å². The van der Waals surface area contributed by atoms with E-state index >= 15 is 0 Å². The van der Waals surface area contributed by atoms with Gasteiger partial charge in [0.1, 0.15) is 5.75 Å². The lowest BCUT2D eigenvalue weighted by atomic mass is 10.0. The zero-order valence-corrected chi connectivity index (χ0v) is 9.47. The molecule has 0 saturated heterocycles. The molecule has 17 heavy (non-hydrogen) atoms. The predicted molar refractivity (Wildman–Crippen MR) is 64.5 cm³/mol. The van der Waals surface area contributed by atoms with E-state index in [1.165, 1.54) is 0 Å². The Morgan fingerprint density at radius 1 is 1.29 bits per heavy atom. The lowest BCUT2D eigenvalue weighted by molar-refractivity contribution is -0.143. The van der Waals surface area contributed by atoms with Crippen molar-refractivity contribution in [3.05, 3.63) is 42.0 Å². The summed E-state index contributed by atoms with van der Waals surface area (Å²) in [5.74, 6) is 5.14. The van der Waals surface area contributed by atoms with Crippen LogP contribution < -0.4 is 10.6 Å². The summed E-state index contributed by atoms with van der Waals surface area (Å²) in [4.78, 5) is 15.4. The maximum Gasteiger partial charge on any atom is 0.328 e. The molecule has 88 valence electrons. The van der Waals surface area contributed by atoms with E-state index in [4.69, 9.17) is 10.6 Å². The van der Waals surface area contributed by atoms with Gasteiger partial charge in [-0.3, -0.25) is 4.79 Å². The second-order valence-electron chi connectivity index (χ2n) is 3.67. The highest BCUT2D eigenvalue weighted by atomic mass is 16.7. The van der Waals surface area contributed by atoms with E-state index < -0.39 is 5.97 Å². The predicted octanol–water partition coefficient (Wildman–Crippen LogP) is 1.81. The summed E-state index contributed by atoms with van der Waals surface area (Å²) in [5, 5.41) is 2.02. The highest BCUT2D eigenvalue weighted by Gasteiger charge is 2.07. The first-order valence-electron chi connectivity index (χ1n) is 5.20. The Morgan fingerprint density at radius 3 is 2.82 bits per heavy atom. The molecule has 2 rings (SSSR count). The summed E-state index contributed by atoms with van der Waals surface area (Å²) in [6, 6.07) is 11.5. The molecular weight excluding hydrogens is 218 g/mol. The van der Waals surface area contributed by atoms with Gasteiger partial charge < -0.3 is 9.57 Å². The van der Waals surface area contributed by atoms with Gasteiger partial charge in [0.15, 0.2) is 0 Å². The highest BCUT2D eigenvalue weighted by molar-refractivity contribution is 5.90. The molecule has 2 aromatic rings. The molecule has 4 heteroatoms. The monoisotopic (exact) mass is 231 g/mol. The Balaban J connectivity index is 2.50. The second kappa shape index (κ2) is 4.84. The van der Waals surface area contributed by atoms with E-state index in [1.807, 2.05) is 36.4 Å². The zero-order chi connectivity index (χ0) is 12.3. The van der Waals surface area contributed by atoms with Gasteiger partial charge in [-0.2, -0.15) is 5.90 Å². The van der Waals surface area contributed by atoms with Crippen molar-refractivity contribution in [2.24, 2.45) is 5.90 Å². The molecule has 0 amide bonds. The van der Waals surface area contributed by atoms with Crippen molar-refractivity contribution in [1.82, 2.24) is 0 Å². The summed E-state index contributed by atoms with van der Waals surface area (Å²) >= 11 is 0. The van der Waals surface area contributed by atoms with E-state index in [0.717, 1.165) is 22.1 Å². The first-order chi connectivity index (χ1) is 8.24. The van der Waals surface area contributed by atoms with Gasteiger partial charge in [-0.05, 0) is 28.5 Å². The van der Waals surface area contributed by atoms with Gasteiger partial charge in [-0.1, -0.05) is 24.3 Å². The quantitative estimate of drug-likeness (QED) is 0.818. The normalized spacial score (nSPS) is 10.2. The van der Waals surface area contributed by atoms with Crippen molar-refractivity contribution < 1.29 is 14.4 Å². The summed E-state index contributed by atoms with van der Waals surface area (Å²) in [6.45, 7) is 0. The first kappa shape index (κ1) is 11.4. The van der Waals surface area contributed by atoms with Crippen molar-refractivity contribution in [2.45, 2.75) is 6.42 Å². The van der Waals surface area contributed by atoms with Gasteiger partial charge in [0.2, 0.25) is 0 Å². The Kier molecular flexibility index (Phi) is 3.25. The molecule has 2 N–H and O–H groups in total. The molecule has 0 aliphatic carbocycles.